The predicted molar refractivity (Wildman–Crippen MR) is 89.7 cm³/mol. The highest BCUT2D eigenvalue weighted by Gasteiger charge is 2.29. The van der Waals surface area contributed by atoms with Gasteiger partial charge in [0, 0.05) is 12.4 Å². The van der Waals surface area contributed by atoms with Crippen molar-refractivity contribution in [1.82, 2.24) is 14.4 Å². The van der Waals surface area contributed by atoms with E-state index < -0.39 is 26.3 Å². The number of nitro groups is 1. The molecule has 0 spiro atoms. The topological polar surface area (TPSA) is 107 Å². The van der Waals surface area contributed by atoms with Crippen molar-refractivity contribution in [3.05, 3.63) is 62.1 Å². The van der Waals surface area contributed by atoms with Crippen molar-refractivity contribution in [2.45, 2.75) is 10.6 Å². The fraction of sp³-hybridized carbons (Fsp3) is 0.0769. The summed E-state index contributed by atoms with van der Waals surface area (Å²) in [7, 11) is -3.83. The highest BCUT2D eigenvalue weighted by atomic mass is 79.9. The van der Waals surface area contributed by atoms with Gasteiger partial charge in [0.25, 0.3) is 0 Å². The Bertz CT molecular complexity index is 1050. The molecule has 124 valence electrons. The van der Waals surface area contributed by atoms with Gasteiger partial charge in [0.05, 0.1) is 14.4 Å². The minimum Gasteiger partial charge on any atom is -0.358 e. The Morgan fingerprint density at radius 3 is 2.79 bits per heavy atom. The maximum absolute atomic E-state index is 12.5. The summed E-state index contributed by atoms with van der Waals surface area (Å²) >= 11 is 9.13. The van der Waals surface area contributed by atoms with Crippen molar-refractivity contribution >= 4 is 48.8 Å². The molecule has 0 aromatic carbocycles. The smallest absolute Gasteiger partial charge is 0.352 e. The van der Waals surface area contributed by atoms with E-state index in [2.05, 4.69) is 25.9 Å². The van der Waals surface area contributed by atoms with Gasteiger partial charge in [0.1, 0.15) is 11.9 Å². The van der Waals surface area contributed by atoms with Crippen LogP contribution in [0.15, 0.2) is 46.2 Å². The molecule has 0 amide bonds. The summed E-state index contributed by atoms with van der Waals surface area (Å²) in [6.45, 7) is 0. The lowest BCUT2D eigenvalue weighted by Gasteiger charge is -2.02. The van der Waals surface area contributed by atoms with Crippen molar-refractivity contribution in [3.63, 3.8) is 0 Å². The number of imidazole rings is 1. The van der Waals surface area contributed by atoms with Crippen LogP contribution >= 0.6 is 27.5 Å². The van der Waals surface area contributed by atoms with E-state index in [0.29, 0.717) is 4.47 Å². The molecular weight excluding hydrogens is 424 g/mol. The molecule has 0 fully saturated rings. The molecule has 3 aromatic heterocycles. The molecule has 0 aliphatic carbocycles. The van der Waals surface area contributed by atoms with Gasteiger partial charge in [-0.1, -0.05) is 11.6 Å². The van der Waals surface area contributed by atoms with Crippen LogP contribution < -0.4 is 0 Å². The average Bonchev–Trinajstić information content (AvgIpc) is 2.86. The maximum Gasteiger partial charge on any atom is 0.352 e. The summed E-state index contributed by atoms with van der Waals surface area (Å²) in [6.07, 6.45) is 3.93. The fourth-order valence-electron chi connectivity index (χ4n) is 2.19. The van der Waals surface area contributed by atoms with E-state index in [-0.39, 0.29) is 21.3 Å². The normalized spacial score (nSPS) is 11.8. The minimum absolute atomic E-state index is 0.0338. The first-order valence-electron chi connectivity index (χ1n) is 6.43. The summed E-state index contributed by atoms with van der Waals surface area (Å²) < 4.78 is 26.5. The van der Waals surface area contributed by atoms with Gasteiger partial charge in [-0.3, -0.25) is 4.98 Å². The molecule has 3 rings (SSSR count). The molecule has 8 nitrogen and oxygen atoms in total. The number of hydrogen-bond donors (Lipinski definition) is 0. The Hall–Kier alpha value is -2.04. The number of sulfone groups is 1. The van der Waals surface area contributed by atoms with Gasteiger partial charge in [0.2, 0.25) is 5.65 Å². The molecule has 0 atom stereocenters. The number of halogens is 2. The third-order valence-corrected chi connectivity index (χ3v) is 5.58. The summed E-state index contributed by atoms with van der Waals surface area (Å²) in [4.78, 5) is 18.6. The molecule has 3 heterocycles. The van der Waals surface area contributed by atoms with E-state index in [1.54, 1.807) is 0 Å². The zero-order valence-corrected chi connectivity index (χ0v) is 14.9. The summed E-state index contributed by atoms with van der Waals surface area (Å²) in [5.41, 5.74) is 0.0364. The van der Waals surface area contributed by atoms with Crippen LogP contribution in [0.1, 0.15) is 5.69 Å². The summed E-state index contributed by atoms with van der Waals surface area (Å²) in [5.74, 6) is -1.07. The highest BCUT2D eigenvalue weighted by molar-refractivity contribution is 9.10. The Kier molecular flexibility index (Phi) is 4.28. The van der Waals surface area contributed by atoms with Gasteiger partial charge in [-0.2, -0.15) is 4.40 Å². The van der Waals surface area contributed by atoms with Crippen LogP contribution in [0.25, 0.3) is 5.65 Å². The standard InChI is InChI=1S/C13H8BrClN4O4S/c14-10-4-8(15)6-18-12(10)17-11(13(18)19(20)21)7-24(22,23)9-2-1-3-16-5-9/h1-6H,7H2. The second-order valence-corrected chi connectivity index (χ2v) is 8.07. The number of pyridine rings is 2. The first kappa shape index (κ1) is 16.8. The molecule has 0 aliphatic rings. The lowest BCUT2D eigenvalue weighted by atomic mass is 10.4. The second-order valence-electron chi connectivity index (χ2n) is 4.79. The van der Waals surface area contributed by atoms with E-state index in [1.807, 2.05) is 0 Å². The Morgan fingerprint density at radius 1 is 1.42 bits per heavy atom. The van der Waals surface area contributed by atoms with Crippen LogP contribution in [0.2, 0.25) is 5.02 Å². The third kappa shape index (κ3) is 2.99. The van der Waals surface area contributed by atoms with E-state index in [9.17, 15) is 18.5 Å². The molecule has 0 saturated carbocycles. The molecule has 11 heteroatoms. The largest absolute Gasteiger partial charge is 0.358 e. The van der Waals surface area contributed by atoms with E-state index in [1.165, 1.54) is 36.8 Å². The first-order valence-corrected chi connectivity index (χ1v) is 9.25. The van der Waals surface area contributed by atoms with Crippen molar-refractivity contribution in [2.24, 2.45) is 0 Å². The molecule has 0 N–H and O–H groups in total. The molecule has 0 unspecified atom stereocenters. The van der Waals surface area contributed by atoms with Crippen molar-refractivity contribution < 1.29 is 13.3 Å². The SMILES string of the molecule is O=[N+]([O-])c1c(CS(=O)(=O)c2cccnc2)nc2c(Br)cc(Cl)cn12. The number of hydrogen-bond acceptors (Lipinski definition) is 6. The van der Waals surface area contributed by atoms with E-state index >= 15 is 0 Å². The molecule has 24 heavy (non-hydrogen) atoms. The maximum atomic E-state index is 12.5. The van der Waals surface area contributed by atoms with Crippen LogP contribution in [-0.4, -0.2) is 27.7 Å². The summed E-state index contributed by atoms with van der Waals surface area (Å²) in [6, 6.07) is 4.37. The van der Waals surface area contributed by atoms with Crippen LogP contribution in [-0.2, 0) is 15.6 Å². The molecule has 3 aromatic rings. The molecular formula is C13H8BrClN4O4S. The van der Waals surface area contributed by atoms with Gasteiger partial charge >= 0.3 is 5.82 Å². The second kappa shape index (κ2) is 6.11. The predicted octanol–water partition coefficient (Wildman–Crippen LogP) is 3.03. The average molecular weight is 432 g/mol. The third-order valence-electron chi connectivity index (χ3n) is 3.18. The molecule has 0 aliphatic heterocycles. The molecule has 0 bridgehead atoms. The van der Waals surface area contributed by atoms with Crippen molar-refractivity contribution in [1.29, 1.82) is 0 Å². The lowest BCUT2D eigenvalue weighted by Crippen LogP contribution is -2.07. The quantitative estimate of drug-likeness (QED) is 0.464. The Balaban J connectivity index is 2.18. The molecule has 0 radical (unpaired) electrons. The van der Waals surface area contributed by atoms with Gasteiger partial charge < -0.3 is 10.1 Å². The van der Waals surface area contributed by atoms with Crippen LogP contribution in [0.5, 0.6) is 0 Å². The highest BCUT2D eigenvalue weighted by Crippen LogP contribution is 2.30. The van der Waals surface area contributed by atoms with E-state index in [4.69, 9.17) is 11.6 Å². The number of fused-ring (bicyclic) bond motifs is 1. The van der Waals surface area contributed by atoms with Gasteiger partial charge in [0.15, 0.2) is 15.5 Å². The first-order chi connectivity index (χ1) is 11.3. The van der Waals surface area contributed by atoms with Gasteiger partial charge in [-0.05, 0) is 39.1 Å². The lowest BCUT2D eigenvalue weighted by molar-refractivity contribution is -0.391. The Morgan fingerprint density at radius 2 is 2.17 bits per heavy atom. The number of nitrogens with zero attached hydrogens (tertiary/aromatic N) is 4. The Labute approximate surface area is 149 Å². The summed E-state index contributed by atoms with van der Waals surface area (Å²) in [5, 5.41) is 11.7. The monoisotopic (exact) mass is 430 g/mol. The van der Waals surface area contributed by atoms with Crippen molar-refractivity contribution in [3.8, 4) is 0 Å². The van der Waals surface area contributed by atoms with Crippen LogP contribution in [0.4, 0.5) is 5.82 Å². The van der Waals surface area contributed by atoms with Gasteiger partial charge in [-0.25, -0.2) is 13.4 Å². The number of rotatable bonds is 4. The zero-order valence-electron chi connectivity index (χ0n) is 11.8. The zero-order chi connectivity index (χ0) is 17.5. The van der Waals surface area contributed by atoms with Crippen LogP contribution in [0, 0.1) is 10.1 Å². The van der Waals surface area contributed by atoms with Gasteiger partial charge in [-0.15, -0.1) is 0 Å². The fourth-order valence-corrected chi connectivity index (χ4v) is 4.29. The number of aromatic nitrogens is 3. The molecule has 0 saturated heterocycles. The van der Waals surface area contributed by atoms with Crippen molar-refractivity contribution in [2.75, 3.05) is 0 Å². The van der Waals surface area contributed by atoms with E-state index in [0.717, 1.165) is 4.40 Å². The van der Waals surface area contributed by atoms with Crippen LogP contribution in [0.3, 0.4) is 0 Å². The minimum atomic E-state index is -3.83.